The first-order valence-corrected chi connectivity index (χ1v) is 11.0. The predicted molar refractivity (Wildman–Crippen MR) is 123 cm³/mol. The van der Waals surface area contributed by atoms with Crippen molar-refractivity contribution in [1.29, 1.82) is 0 Å². The Hall–Kier alpha value is -2.21. The molecular weight excluding hydrogens is 384 g/mol. The van der Waals surface area contributed by atoms with E-state index in [0.717, 1.165) is 22.0 Å². The minimum absolute atomic E-state index is 0.0125. The number of allylic oxidation sites excluding steroid dienone is 1. The number of thioether (sulfide) groups is 1. The van der Waals surface area contributed by atoms with Crippen LogP contribution in [0.1, 0.15) is 52.7 Å². The molecule has 1 amide bonds. The Morgan fingerprint density at radius 2 is 1.86 bits per heavy atom. The normalized spacial score (nSPS) is 17.1. The SMILES string of the molecule is C=CCc1cc(/C=C2/SC(=NC(C)C)N(C(C)C)C2=O)cc(OCC)c1OCC. The Labute approximate surface area is 178 Å². The number of ether oxygens (including phenoxy) is 2. The quantitative estimate of drug-likeness (QED) is 0.405. The first-order chi connectivity index (χ1) is 13.8. The van der Waals surface area contributed by atoms with Crippen LogP contribution in [0.4, 0.5) is 0 Å². The fourth-order valence-electron chi connectivity index (χ4n) is 3.05. The van der Waals surface area contributed by atoms with Crippen molar-refractivity contribution in [3.8, 4) is 11.5 Å². The third kappa shape index (κ3) is 5.66. The van der Waals surface area contributed by atoms with Crippen LogP contribution in [0.2, 0.25) is 0 Å². The molecule has 6 heteroatoms. The Kier molecular flexibility index (Phi) is 8.38. The number of amidine groups is 1. The zero-order chi connectivity index (χ0) is 21.6. The molecule has 158 valence electrons. The van der Waals surface area contributed by atoms with Gasteiger partial charge in [-0.2, -0.15) is 0 Å². The lowest BCUT2D eigenvalue weighted by atomic mass is 10.0. The molecule has 0 bridgehead atoms. The minimum Gasteiger partial charge on any atom is -0.490 e. The van der Waals surface area contributed by atoms with Gasteiger partial charge in [-0.25, -0.2) is 0 Å². The minimum atomic E-state index is -0.0125. The lowest BCUT2D eigenvalue weighted by molar-refractivity contribution is -0.123. The molecule has 29 heavy (non-hydrogen) atoms. The number of aliphatic imine (C=N–C) groups is 1. The molecule has 1 heterocycles. The highest BCUT2D eigenvalue weighted by Gasteiger charge is 2.35. The first kappa shape index (κ1) is 23.1. The van der Waals surface area contributed by atoms with Gasteiger partial charge in [-0.3, -0.25) is 14.7 Å². The van der Waals surface area contributed by atoms with Gasteiger partial charge in [-0.15, -0.1) is 6.58 Å². The molecule has 0 aromatic heterocycles. The maximum absolute atomic E-state index is 13.0. The van der Waals surface area contributed by atoms with E-state index in [9.17, 15) is 4.79 Å². The van der Waals surface area contributed by atoms with Crippen LogP contribution in [0.15, 0.2) is 34.7 Å². The van der Waals surface area contributed by atoms with E-state index in [0.29, 0.717) is 30.3 Å². The van der Waals surface area contributed by atoms with Gasteiger partial charge in [-0.05, 0) is 83.5 Å². The molecule has 0 spiro atoms. The molecule has 0 N–H and O–H groups in total. The van der Waals surface area contributed by atoms with E-state index in [2.05, 4.69) is 11.6 Å². The maximum Gasteiger partial charge on any atom is 0.266 e. The lowest BCUT2D eigenvalue weighted by Crippen LogP contribution is -2.35. The van der Waals surface area contributed by atoms with E-state index in [-0.39, 0.29) is 18.0 Å². The monoisotopic (exact) mass is 416 g/mol. The zero-order valence-corrected chi connectivity index (χ0v) is 19.1. The largest absolute Gasteiger partial charge is 0.490 e. The van der Waals surface area contributed by atoms with E-state index in [1.807, 2.05) is 65.8 Å². The van der Waals surface area contributed by atoms with Crippen molar-refractivity contribution in [2.45, 2.75) is 60.0 Å². The summed E-state index contributed by atoms with van der Waals surface area (Å²) in [5.74, 6) is 1.42. The fourth-order valence-corrected chi connectivity index (χ4v) is 4.28. The molecule has 0 unspecified atom stereocenters. The van der Waals surface area contributed by atoms with Crippen LogP contribution in [0.25, 0.3) is 6.08 Å². The summed E-state index contributed by atoms with van der Waals surface area (Å²) in [5.41, 5.74) is 1.89. The number of rotatable bonds is 9. The van der Waals surface area contributed by atoms with Crippen LogP contribution < -0.4 is 9.47 Å². The molecule has 0 saturated carbocycles. The second-order valence-corrected chi connectivity index (χ2v) is 8.26. The molecule has 1 aromatic rings. The highest BCUT2D eigenvalue weighted by Crippen LogP contribution is 2.38. The lowest BCUT2D eigenvalue weighted by Gasteiger charge is -2.20. The molecule has 0 radical (unpaired) electrons. The van der Waals surface area contributed by atoms with Gasteiger partial charge in [0.1, 0.15) is 0 Å². The van der Waals surface area contributed by atoms with Gasteiger partial charge in [0.25, 0.3) is 5.91 Å². The number of hydrogen-bond donors (Lipinski definition) is 0. The van der Waals surface area contributed by atoms with E-state index in [1.165, 1.54) is 11.8 Å². The van der Waals surface area contributed by atoms with Crippen LogP contribution >= 0.6 is 11.8 Å². The summed E-state index contributed by atoms with van der Waals surface area (Å²) in [7, 11) is 0. The van der Waals surface area contributed by atoms with Crippen LogP contribution in [-0.2, 0) is 11.2 Å². The van der Waals surface area contributed by atoms with Gasteiger partial charge in [0.05, 0.1) is 18.1 Å². The van der Waals surface area contributed by atoms with Crippen LogP contribution in [-0.4, -0.2) is 41.3 Å². The van der Waals surface area contributed by atoms with Crippen molar-refractivity contribution in [3.63, 3.8) is 0 Å². The fraction of sp³-hybridized carbons (Fsp3) is 0.478. The molecule has 1 fully saturated rings. The molecule has 1 aliphatic heterocycles. The van der Waals surface area contributed by atoms with E-state index in [1.54, 1.807) is 4.90 Å². The average molecular weight is 417 g/mol. The molecule has 1 aromatic carbocycles. The zero-order valence-electron chi connectivity index (χ0n) is 18.3. The van der Waals surface area contributed by atoms with E-state index in [4.69, 9.17) is 9.47 Å². The van der Waals surface area contributed by atoms with E-state index >= 15 is 0 Å². The highest BCUT2D eigenvalue weighted by molar-refractivity contribution is 8.18. The Bertz CT molecular complexity index is 813. The molecular formula is C23H32N2O3S. The summed E-state index contributed by atoms with van der Waals surface area (Å²) in [6.45, 7) is 16.9. The number of carbonyl (C=O) groups is 1. The molecule has 1 aliphatic rings. The van der Waals surface area contributed by atoms with Crippen LogP contribution in [0.3, 0.4) is 0 Å². The van der Waals surface area contributed by atoms with Crippen molar-refractivity contribution in [2.75, 3.05) is 13.2 Å². The van der Waals surface area contributed by atoms with Gasteiger partial charge in [0.15, 0.2) is 16.7 Å². The molecule has 0 atom stereocenters. The number of hydrogen-bond acceptors (Lipinski definition) is 5. The summed E-state index contributed by atoms with van der Waals surface area (Å²) in [6, 6.07) is 4.14. The molecule has 5 nitrogen and oxygen atoms in total. The summed E-state index contributed by atoms with van der Waals surface area (Å²) < 4.78 is 11.7. The molecule has 1 saturated heterocycles. The second-order valence-electron chi connectivity index (χ2n) is 7.25. The van der Waals surface area contributed by atoms with Crippen molar-refractivity contribution in [3.05, 3.63) is 40.8 Å². The number of carbonyl (C=O) groups excluding carboxylic acids is 1. The molecule has 0 aliphatic carbocycles. The third-order valence-electron chi connectivity index (χ3n) is 4.13. The van der Waals surface area contributed by atoms with Gasteiger partial charge < -0.3 is 9.47 Å². The van der Waals surface area contributed by atoms with Crippen LogP contribution in [0.5, 0.6) is 11.5 Å². The standard InChI is InChI=1S/C23H32N2O3S/c1-8-11-18-12-17(13-19(27-9-2)21(18)28-10-3)14-20-22(26)25(16(6)7)23(29-20)24-15(4)5/h8,12-16H,1,9-11H2,2-7H3/b20-14+,24-23?. The number of nitrogens with zero attached hydrogens (tertiary/aromatic N) is 2. The number of benzene rings is 1. The Balaban J connectivity index is 2.52. The summed E-state index contributed by atoms with van der Waals surface area (Å²) in [5, 5.41) is 0.758. The Morgan fingerprint density at radius 3 is 2.41 bits per heavy atom. The summed E-state index contributed by atoms with van der Waals surface area (Å²) in [6.07, 6.45) is 4.41. The van der Waals surface area contributed by atoms with Crippen molar-refractivity contribution < 1.29 is 14.3 Å². The Morgan fingerprint density at radius 1 is 1.17 bits per heavy atom. The smallest absolute Gasteiger partial charge is 0.266 e. The summed E-state index contributed by atoms with van der Waals surface area (Å²) in [4.78, 5) is 20.1. The second kappa shape index (κ2) is 10.5. The van der Waals surface area contributed by atoms with Crippen molar-refractivity contribution >= 4 is 28.9 Å². The van der Waals surface area contributed by atoms with Gasteiger partial charge >= 0.3 is 0 Å². The average Bonchev–Trinajstić information content (AvgIpc) is 2.92. The van der Waals surface area contributed by atoms with Crippen molar-refractivity contribution in [1.82, 2.24) is 4.90 Å². The number of amides is 1. The van der Waals surface area contributed by atoms with Gasteiger partial charge in [0, 0.05) is 17.6 Å². The summed E-state index contributed by atoms with van der Waals surface area (Å²) >= 11 is 1.43. The topological polar surface area (TPSA) is 51.1 Å². The van der Waals surface area contributed by atoms with E-state index < -0.39 is 0 Å². The van der Waals surface area contributed by atoms with Gasteiger partial charge in [0.2, 0.25) is 0 Å². The molecule has 2 rings (SSSR count). The van der Waals surface area contributed by atoms with Crippen LogP contribution in [0, 0.1) is 0 Å². The van der Waals surface area contributed by atoms with Crippen molar-refractivity contribution in [2.24, 2.45) is 4.99 Å². The first-order valence-electron chi connectivity index (χ1n) is 10.2. The predicted octanol–water partition coefficient (Wildman–Crippen LogP) is 5.30. The maximum atomic E-state index is 13.0. The third-order valence-corrected chi connectivity index (χ3v) is 5.12. The van der Waals surface area contributed by atoms with Gasteiger partial charge in [-0.1, -0.05) is 6.08 Å². The highest BCUT2D eigenvalue weighted by atomic mass is 32.2.